The molecule has 1 aromatic rings. The Kier molecular flexibility index (Phi) is 2.26. The highest BCUT2D eigenvalue weighted by molar-refractivity contribution is 5.03. The van der Waals surface area contributed by atoms with Crippen molar-refractivity contribution in [2.45, 2.75) is 19.8 Å². The largest absolute Gasteiger partial charge is 0.346 e. The van der Waals surface area contributed by atoms with Crippen LogP contribution in [-0.4, -0.2) is 9.97 Å². The van der Waals surface area contributed by atoms with Gasteiger partial charge in [-0.3, -0.25) is 0 Å². The van der Waals surface area contributed by atoms with Gasteiger partial charge in [-0.2, -0.15) is 0 Å². The summed E-state index contributed by atoms with van der Waals surface area (Å²) in [6.07, 6.45) is 5.57. The Balaban J connectivity index is 2.67. The van der Waals surface area contributed by atoms with Crippen molar-refractivity contribution in [1.29, 1.82) is 0 Å². The monoisotopic (exact) mass is 136 g/mol. The van der Waals surface area contributed by atoms with Crippen LogP contribution >= 0.6 is 0 Å². The van der Waals surface area contributed by atoms with Crippen molar-refractivity contribution in [3.8, 4) is 0 Å². The predicted molar refractivity (Wildman–Crippen MR) is 41.9 cm³/mol. The lowest BCUT2D eigenvalue weighted by Gasteiger charge is -1.86. The highest BCUT2D eigenvalue weighted by atomic mass is 14.9. The van der Waals surface area contributed by atoms with Gasteiger partial charge >= 0.3 is 0 Å². The molecule has 0 aliphatic carbocycles. The van der Waals surface area contributed by atoms with Gasteiger partial charge in [0, 0.05) is 18.3 Å². The van der Waals surface area contributed by atoms with Gasteiger partial charge in [-0.15, -0.1) is 6.58 Å². The Morgan fingerprint density at radius 3 is 3.10 bits per heavy atom. The van der Waals surface area contributed by atoms with Gasteiger partial charge in [-0.1, -0.05) is 13.0 Å². The number of nitrogens with zero attached hydrogens (tertiary/aromatic N) is 1. The minimum Gasteiger partial charge on any atom is -0.346 e. The number of hydrogen-bond donors (Lipinski definition) is 1. The van der Waals surface area contributed by atoms with E-state index in [4.69, 9.17) is 0 Å². The third-order valence-corrected chi connectivity index (χ3v) is 1.40. The Bertz CT molecular complexity index is 213. The Morgan fingerprint density at radius 1 is 1.80 bits per heavy atom. The fraction of sp³-hybridized carbons (Fsp3) is 0.375. The van der Waals surface area contributed by atoms with Crippen LogP contribution in [0.1, 0.15) is 18.4 Å². The van der Waals surface area contributed by atoms with Gasteiger partial charge < -0.3 is 4.98 Å². The molecule has 0 bridgehead atoms. The highest BCUT2D eigenvalue weighted by Crippen LogP contribution is 1.98. The molecule has 1 rings (SSSR count). The molecule has 10 heavy (non-hydrogen) atoms. The van der Waals surface area contributed by atoms with Crippen LogP contribution in [-0.2, 0) is 12.8 Å². The highest BCUT2D eigenvalue weighted by Gasteiger charge is 1.94. The summed E-state index contributed by atoms with van der Waals surface area (Å²) in [5.74, 6) is 1.01. The van der Waals surface area contributed by atoms with Crippen LogP contribution in [0.4, 0.5) is 0 Å². The van der Waals surface area contributed by atoms with Crippen LogP contribution in [0.3, 0.4) is 0 Å². The van der Waals surface area contributed by atoms with Gasteiger partial charge in [0.15, 0.2) is 0 Å². The molecule has 0 spiro atoms. The first kappa shape index (κ1) is 7.06. The first-order chi connectivity index (χ1) is 4.86. The average molecular weight is 136 g/mol. The lowest BCUT2D eigenvalue weighted by Crippen LogP contribution is -1.83. The number of aryl methyl sites for hydroxylation is 1. The lowest BCUT2D eigenvalue weighted by molar-refractivity contribution is 1.01. The summed E-state index contributed by atoms with van der Waals surface area (Å²) in [5, 5.41) is 0. The van der Waals surface area contributed by atoms with Gasteiger partial charge in [0.2, 0.25) is 0 Å². The second kappa shape index (κ2) is 3.20. The molecule has 1 N–H and O–H groups in total. The predicted octanol–water partition coefficient (Wildman–Crippen LogP) is 1.70. The molecule has 54 valence electrons. The van der Waals surface area contributed by atoms with E-state index in [1.807, 2.05) is 12.3 Å². The van der Waals surface area contributed by atoms with Gasteiger partial charge in [-0.25, -0.2) is 4.98 Å². The third kappa shape index (κ3) is 1.47. The van der Waals surface area contributed by atoms with Crippen molar-refractivity contribution in [3.05, 3.63) is 30.4 Å². The van der Waals surface area contributed by atoms with Crippen molar-refractivity contribution < 1.29 is 0 Å². The summed E-state index contributed by atoms with van der Waals surface area (Å²) in [6, 6.07) is 0. The number of nitrogens with one attached hydrogen (secondary N) is 1. The smallest absolute Gasteiger partial charge is 0.110 e. The number of H-pyrrole nitrogens is 1. The van der Waals surface area contributed by atoms with E-state index in [0.717, 1.165) is 18.7 Å². The molecule has 0 amide bonds. The van der Waals surface area contributed by atoms with Gasteiger partial charge in [0.1, 0.15) is 5.82 Å². The molecule has 0 radical (unpaired) electrons. The summed E-state index contributed by atoms with van der Waals surface area (Å²) in [7, 11) is 0. The summed E-state index contributed by atoms with van der Waals surface area (Å²) in [5.41, 5.74) is 1.19. The number of allylic oxidation sites excluding steroid dienone is 1. The van der Waals surface area contributed by atoms with E-state index in [-0.39, 0.29) is 0 Å². The maximum Gasteiger partial charge on any atom is 0.110 e. The molecule has 0 unspecified atom stereocenters. The zero-order chi connectivity index (χ0) is 7.40. The van der Waals surface area contributed by atoms with Crippen LogP contribution in [0.2, 0.25) is 0 Å². The maximum atomic E-state index is 4.15. The van der Waals surface area contributed by atoms with E-state index in [1.54, 1.807) is 0 Å². The summed E-state index contributed by atoms with van der Waals surface area (Å²) in [4.78, 5) is 7.33. The van der Waals surface area contributed by atoms with Gasteiger partial charge in [0.05, 0.1) is 0 Å². The number of hydrogen-bond acceptors (Lipinski definition) is 1. The van der Waals surface area contributed by atoms with E-state index < -0.39 is 0 Å². The molecule has 0 atom stereocenters. The molecular formula is C8H12N2. The van der Waals surface area contributed by atoms with Crippen LogP contribution in [0, 0.1) is 0 Å². The van der Waals surface area contributed by atoms with Crippen molar-refractivity contribution >= 4 is 0 Å². The molecule has 0 fully saturated rings. The van der Waals surface area contributed by atoms with E-state index >= 15 is 0 Å². The fourth-order valence-corrected chi connectivity index (χ4v) is 0.826. The van der Waals surface area contributed by atoms with E-state index in [0.29, 0.717) is 0 Å². The molecule has 2 nitrogen and oxygen atoms in total. The van der Waals surface area contributed by atoms with Crippen LogP contribution in [0.5, 0.6) is 0 Å². The molecule has 0 aliphatic heterocycles. The molecule has 1 aromatic heterocycles. The quantitative estimate of drug-likeness (QED) is 0.629. The summed E-state index contributed by atoms with van der Waals surface area (Å²) >= 11 is 0. The summed E-state index contributed by atoms with van der Waals surface area (Å²) < 4.78 is 0. The zero-order valence-corrected chi connectivity index (χ0v) is 6.22. The van der Waals surface area contributed by atoms with E-state index in [2.05, 4.69) is 23.5 Å². The molecule has 0 saturated heterocycles. The fourth-order valence-electron chi connectivity index (χ4n) is 0.826. The van der Waals surface area contributed by atoms with Crippen molar-refractivity contribution in [3.63, 3.8) is 0 Å². The topological polar surface area (TPSA) is 28.7 Å². The number of imidazole rings is 1. The Hall–Kier alpha value is -1.05. The number of aromatic nitrogens is 2. The Labute approximate surface area is 61.0 Å². The average Bonchev–Trinajstić information content (AvgIpc) is 2.37. The molecule has 0 aromatic carbocycles. The molecular weight excluding hydrogens is 124 g/mol. The first-order valence-corrected chi connectivity index (χ1v) is 3.50. The van der Waals surface area contributed by atoms with Crippen molar-refractivity contribution in [2.24, 2.45) is 0 Å². The van der Waals surface area contributed by atoms with E-state index in [9.17, 15) is 0 Å². The minimum absolute atomic E-state index is 0.833. The standard InChI is InChI=1S/C8H12N2/c1-3-5-8-9-6-7(4-2)10-8/h3,6H,1,4-5H2,2H3,(H,9,10). The van der Waals surface area contributed by atoms with E-state index in [1.165, 1.54) is 5.69 Å². The minimum atomic E-state index is 0.833. The molecule has 2 heteroatoms. The van der Waals surface area contributed by atoms with Crippen LogP contribution < -0.4 is 0 Å². The number of rotatable bonds is 3. The van der Waals surface area contributed by atoms with Gasteiger partial charge in [-0.05, 0) is 6.42 Å². The van der Waals surface area contributed by atoms with Gasteiger partial charge in [0.25, 0.3) is 0 Å². The molecule has 0 saturated carbocycles. The molecule has 0 aliphatic rings. The van der Waals surface area contributed by atoms with Crippen molar-refractivity contribution in [2.75, 3.05) is 0 Å². The van der Waals surface area contributed by atoms with Crippen LogP contribution in [0.25, 0.3) is 0 Å². The van der Waals surface area contributed by atoms with Crippen molar-refractivity contribution in [1.82, 2.24) is 9.97 Å². The lowest BCUT2D eigenvalue weighted by atomic mass is 10.4. The molecule has 1 heterocycles. The maximum absolute atomic E-state index is 4.15. The third-order valence-electron chi connectivity index (χ3n) is 1.40. The van der Waals surface area contributed by atoms with Crippen LogP contribution in [0.15, 0.2) is 18.9 Å². The normalized spacial score (nSPS) is 9.70. The Morgan fingerprint density at radius 2 is 2.60 bits per heavy atom. The SMILES string of the molecule is C=CCc1ncc(CC)[nH]1. The zero-order valence-electron chi connectivity index (χ0n) is 6.22. The second-order valence-electron chi connectivity index (χ2n) is 2.20. The first-order valence-electron chi connectivity index (χ1n) is 3.50. The second-order valence-corrected chi connectivity index (χ2v) is 2.20. The number of aromatic amines is 1. The summed E-state index contributed by atoms with van der Waals surface area (Å²) in [6.45, 7) is 5.73.